The average molecular weight is 611 g/mol. The Bertz CT molecular complexity index is 1590. The molecule has 0 saturated carbocycles. The summed E-state index contributed by atoms with van der Waals surface area (Å²) in [5.74, 6) is -2.58. The number of halogens is 3. The van der Waals surface area contributed by atoms with Crippen molar-refractivity contribution in [3.05, 3.63) is 64.7 Å². The molecule has 42 heavy (non-hydrogen) atoms. The molecule has 0 unspecified atom stereocenters. The lowest BCUT2D eigenvalue weighted by molar-refractivity contribution is -0.216. The number of fused-ring (bicyclic) bond motifs is 1. The summed E-state index contributed by atoms with van der Waals surface area (Å²) in [5.41, 5.74) is 2.97. The number of alkyl halides is 3. The summed E-state index contributed by atoms with van der Waals surface area (Å²) in [4.78, 5) is 31.2. The summed E-state index contributed by atoms with van der Waals surface area (Å²) in [5, 5.41) is 9.30. The Morgan fingerprint density at radius 1 is 1.07 bits per heavy atom. The van der Waals surface area contributed by atoms with Gasteiger partial charge in [-0.25, -0.2) is 18.5 Å². The van der Waals surface area contributed by atoms with Crippen LogP contribution in [0.1, 0.15) is 18.9 Å². The first-order valence-electron chi connectivity index (χ1n) is 13.3. The van der Waals surface area contributed by atoms with E-state index in [-0.39, 0.29) is 18.4 Å². The molecule has 228 valence electrons. The van der Waals surface area contributed by atoms with Crippen LogP contribution in [0, 0.1) is 0 Å². The van der Waals surface area contributed by atoms with E-state index >= 15 is 0 Å². The number of hydroxylamine groups is 2. The minimum absolute atomic E-state index is 0.229. The molecule has 0 bridgehead atoms. The molecule has 1 N–H and O–H groups in total. The Kier molecular flexibility index (Phi) is 9.40. The predicted molar refractivity (Wildman–Crippen MR) is 150 cm³/mol. The number of amides is 1. The lowest BCUT2D eigenvalue weighted by Gasteiger charge is -2.31. The highest BCUT2D eigenvalue weighted by Crippen LogP contribution is 2.26. The molecule has 0 radical (unpaired) electrons. The fourth-order valence-electron chi connectivity index (χ4n) is 4.75. The van der Waals surface area contributed by atoms with Crippen LogP contribution in [0.15, 0.2) is 53.6 Å². The van der Waals surface area contributed by atoms with Crippen molar-refractivity contribution in [3.8, 4) is 11.1 Å². The number of aromatic nitrogens is 2. The van der Waals surface area contributed by atoms with Crippen LogP contribution in [0.4, 0.5) is 13.2 Å². The molecular formula is C28H33F3N4O6S. The molecule has 14 heteroatoms. The summed E-state index contributed by atoms with van der Waals surface area (Å²) < 4.78 is 67.6. The maximum absolute atomic E-state index is 13.2. The SMILES string of the molecule is C[C@@](CCn1cnc2cc(-c3ccc(CCN4CCOCC4)cc3)ccc2c1=O)(CN(O)C(=O)C(F)(F)F)S(C)(=O)=O. The Hall–Kier alpha value is -3.33. The highest BCUT2D eigenvalue weighted by atomic mass is 32.2. The zero-order valence-corrected chi connectivity index (χ0v) is 24.1. The predicted octanol–water partition coefficient (Wildman–Crippen LogP) is 2.91. The molecule has 1 fully saturated rings. The van der Waals surface area contributed by atoms with Crippen LogP contribution in [-0.4, -0.2) is 95.6 Å². The van der Waals surface area contributed by atoms with Gasteiger partial charge in [0.1, 0.15) is 0 Å². The fraction of sp³-hybridized carbons (Fsp3) is 0.464. The minimum atomic E-state index is -5.38. The molecule has 1 aliphatic heterocycles. The molecule has 2 heterocycles. The lowest BCUT2D eigenvalue weighted by atomic mass is 10.0. The van der Waals surface area contributed by atoms with Crippen LogP contribution in [0.2, 0.25) is 0 Å². The molecule has 1 amide bonds. The molecule has 4 rings (SSSR count). The second kappa shape index (κ2) is 12.5. The van der Waals surface area contributed by atoms with E-state index in [2.05, 4.69) is 22.0 Å². The smallest absolute Gasteiger partial charge is 0.379 e. The van der Waals surface area contributed by atoms with E-state index in [9.17, 15) is 36.4 Å². The Balaban J connectivity index is 1.47. The number of rotatable bonds is 10. The van der Waals surface area contributed by atoms with E-state index in [4.69, 9.17) is 4.74 Å². The van der Waals surface area contributed by atoms with E-state index < -0.39 is 43.8 Å². The van der Waals surface area contributed by atoms with E-state index in [0.717, 1.165) is 68.1 Å². The molecule has 1 aliphatic rings. The monoisotopic (exact) mass is 610 g/mol. The molecule has 0 aliphatic carbocycles. The lowest BCUT2D eigenvalue weighted by Crippen LogP contribution is -2.51. The largest absolute Gasteiger partial charge is 0.473 e. The molecular weight excluding hydrogens is 577 g/mol. The van der Waals surface area contributed by atoms with Crippen LogP contribution in [0.3, 0.4) is 0 Å². The van der Waals surface area contributed by atoms with Gasteiger partial charge in [-0.2, -0.15) is 13.2 Å². The second-order valence-corrected chi connectivity index (χ2v) is 13.2. The van der Waals surface area contributed by atoms with Crippen LogP contribution in [0.5, 0.6) is 0 Å². The van der Waals surface area contributed by atoms with E-state index in [1.165, 1.54) is 11.9 Å². The highest BCUT2D eigenvalue weighted by Gasteiger charge is 2.46. The third-order valence-corrected chi connectivity index (χ3v) is 9.79. The third kappa shape index (κ3) is 7.35. The number of aryl methyl sites for hydroxylation is 1. The normalized spacial score (nSPS) is 16.3. The van der Waals surface area contributed by atoms with Gasteiger partial charge in [0, 0.05) is 32.4 Å². The van der Waals surface area contributed by atoms with Gasteiger partial charge in [-0.1, -0.05) is 30.3 Å². The van der Waals surface area contributed by atoms with Gasteiger partial charge in [0.15, 0.2) is 9.84 Å². The van der Waals surface area contributed by atoms with Gasteiger partial charge in [0.05, 0.1) is 41.7 Å². The van der Waals surface area contributed by atoms with Crippen LogP contribution in [0.25, 0.3) is 22.0 Å². The van der Waals surface area contributed by atoms with E-state index in [1.54, 1.807) is 18.2 Å². The molecule has 0 spiro atoms. The summed E-state index contributed by atoms with van der Waals surface area (Å²) in [6, 6.07) is 13.3. The van der Waals surface area contributed by atoms with Gasteiger partial charge in [0.2, 0.25) is 0 Å². The van der Waals surface area contributed by atoms with Crippen LogP contribution in [-0.2, 0) is 32.3 Å². The molecule has 1 atom stereocenters. The number of carbonyl (C=O) groups excluding carboxylic acids is 1. The maximum Gasteiger partial charge on any atom is 0.473 e. The molecule has 1 saturated heterocycles. The van der Waals surface area contributed by atoms with Gasteiger partial charge in [0.25, 0.3) is 5.56 Å². The summed E-state index contributed by atoms with van der Waals surface area (Å²) >= 11 is 0. The summed E-state index contributed by atoms with van der Waals surface area (Å²) in [6.07, 6.45) is -2.79. The Morgan fingerprint density at radius 2 is 1.71 bits per heavy atom. The van der Waals surface area contributed by atoms with Crippen molar-refractivity contribution in [1.29, 1.82) is 0 Å². The average Bonchev–Trinajstić information content (AvgIpc) is 2.95. The topological polar surface area (TPSA) is 122 Å². The minimum Gasteiger partial charge on any atom is -0.379 e. The fourth-order valence-corrected chi connectivity index (χ4v) is 5.57. The quantitative estimate of drug-likeness (QED) is 0.275. The third-order valence-electron chi connectivity index (χ3n) is 7.67. The van der Waals surface area contributed by atoms with Crippen molar-refractivity contribution in [2.75, 3.05) is 45.6 Å². The van der Waals surface area contributed by atoms with Gasteiger partial charge in [-0.3, -0.25) is 24.3 Å². The number of nitrogens with zero attached hydrogens (tertiary/aromatic N) is 4. The van der Waals surface area contributed by atoms with Crippen molar-refractivity contribution in [1.82, 2.24) is 19.5 Å². The summed E-state index contributed by atoms with van der Waals surface area (Å²) in [7, 11) is -4.08. The zero-order valence-electron chi connectivity index (χ0n) is 23.3. The van der Waals surface area contributed by atoms with Crippen molar-refractivity contribution in [2.45, 2.75) is 37.2 Å². The molecule has 2 aromatic carbocycles. The van der Waals surface area contributed by atoms with Gasteiger partial charge >= 0.3 is 12.1 Å². The molecule has 3 aromatic rings. The van der Waals surface area contributed by atoms with Crippen molar-refractivity contribution < 1.29 is 36.3 Å². The van der Waals surface area contributed by atoms with E-state index in [0.29, 0.717) is 5.52 Å². The second-order valence-electron chi connectivity index (χ2n) is 10.7. The van der Waals surface area contributed by atoms with Crippen LogP contribution < -0.4 is 5.56 Å². The summed E-state index contributed by atoms with van der Waals surface area (Å²) in [6.45, 7) is 4.10. The van der Waals surface area contributed by atoms with Crippen molar-refractivity contribution >= 4 is 26.6 Å². The number of hydrogen-bond acceptors (Lipinski definition) is 8. The first kappa shape index (κ1) is 31.6. The van der Waals surface area contributed by atoms with Gasteiger partial charge < -0.3 is 4.74 Å². The van der Waals surface area contributed by atoms with Gasteiger partial charge in [-0.05, 0) is 48.6 Å². The Morgan fingerprint density at radius 3 is 2.33 bits per heavy atom. The number of hydrogen-bond donors (Lipinski definition) is 1. The molecule has 1 aromatic heterocycles. The highest BCUT2D eigenvalue weighted by molar-refractivity contribution is 7.92. The Labute approximate surface area is 241 Å². The van der Waals surface area contributed by atoms with Crippen molar-refractivity contribution in [3.63, 3.8) is 0 Å². The number of benzene rings is 2. The number of ether oxygens (including phenoxy) is 1. The first-order chi connectivity index (χ1) is 19.7. The maximum atomic E-state index is 13.2. The number of carbonyl (C=O) groups is 1. The van der Waals surface area contributed by atoms with Crippen molar-refractivity contribution in [2.24, 2.45) is 0 Å². The van der Waals surface area contributed by atoms with E-state index in [1.807, 2.05) is 12.1 Å². The first-order valence-corrected chi connectivity index (χ1v) is 15.2. The van der Waals surface area contributed by atoms with Gasteiger partial charge in [-0.15, -0.1) is 0 Å². The number of sulfone groups is 1. The zero-order chi connectivity index (χ0) is 30.7. The molecule has 10 nitrogen and oxygen atoms in total. The number of morpholine rings is 1. The van der Waals surface area contributed by atoms with Crippen LogP contribution >= 0.6 is 0 Å². The standard InChI is InChI=1S/C28H33F3N4O6S/c1-27(42(2,39)40,18-35(38)26(37)28(29,30)31)10-12-34-19-32-24-17-22(7-8-23(24)25(34)36)21-5-3-20(4-6-21)9-11-33-13-15-41-16-14-33/h3-8,17,19,38H,9-16,18H2,1-2H3/t27-/m1/s1.